The van der Waals surface area contributed by atoms with Crippen molar-refractivity contribution in [1.82, 2.24) is 0 Å². The van der Waals surface area contributed by atoms with Gasteiger partial charge in [0.05, 0.1) is 22.4 Å². The minimum absolute atomic E-state index is 0. The van der Waals surface area contributed by atoms with Crippen LogP contribution in [0.3, 0.4) is 0 Å². The Morgan fingerprint density at radius 2 is 0.333 bits per heavy atom. The van der Waals surface area contributed by atoms with Crippen molar-refractivity contribution >= 4 is 25.8 Å². The third-order valence-corrected chi connectivity index (χ3v) is 0. The van der Waals surface area contributed by atoms with Gasteiger partial charge in [-0.1, -0.05) is 0 Å². The second-order valence-corrected chi connectivity index (χ2v) is 8.68. The molecule has 0 saturated carbocycles. The Kier molecular flexibility index (Phi) is 20.9. The first kappa shape index (κ1) is 33.3. The average Bonchev–Trinajstić information content (AvgIpc) is 1.62. The summed E-state index contributed by atoms with van der Waals surface area (Å²) in [6.07, 6.45) is 0. The molecule has 4 N–H and O–H groups in total. The van der Waals surface area contributed by atoms with E-state index in [-0.39, 0.29) is 25.8 Å². The van der Waals surface area contributed by atoms with Crippen molar-refractivity contribution in [1.29, 1.82) is 0 Å². The summed E-state index contributed by atoms with van der Waals surface area (Å²) >= 11 is 0. The van der Waals surface area contributed by atoms with Crippen molar-refractivity contribution in [2.24, 2.45) is 0 Å². The number of hydrogen-bond acceptors (Lipinski definition) is 4. The molecule has 0 saturated heterocycles. The van der Waals surface area contributed by atoms with Gasteiger partial charge in [0, 0.05) is 0 Å². The molecule has 21 heavy (non-hydrogen) atoms. The van der Waals surface area contributed by atoms with E-state index in [4.69, 9.17) is 20.4 Å². The summed E-state index contributed by atoms with van der Waals surface area (Å²) in [5.41, 5.74) is -2.00. The fourth-order valence-electron chi connectivity index (χ4n) is 0. The van der Waals surface area contributed by atoms with Crippen LogP contribution in [0, 0.1) is 0 Å². The molecule has 0 aliphatic heterocycles. The van der Waals surface area contributed by atoms with Gasteiger partial charge in [-0.15, -0.1) is 0 Å². The third kappa shape index (κ3) is 14400. The molecule has 0 aromatic rings. The molecule has 0 fully saturated rings. The van der Waals surface area contributed by atoms with E-state index in [9.17, 15) is 0 Å². The molecule has 0 aliphatic rings. The molecule has 0 spiro atoms. The molecule has 5 heteroatoms. The number of aliphatic hydroxyl groups is 4. The van der Waals surface area contributed by atoms with Crippen LogP contribution in [0.2, 0.25) is 0 Å². The third-order valence-electron chi connectivity index (χ3n) is 0. The molecule has 134 valence electrons. The maximum absolute atomic E-state index is 8.52. The molecule has 0 unspecified atom stereocenters. The van der Waals surface area contributed by atoms with E-state index >= 15 is 0 Å². The van der Waals surface area contributed by atoms with Gasteiger partial charge in [0.2, 0.25) is 0 Å². The second-order valence-electron chi connectivity index (χ2n) is 8.68. The topological polar surface area (TPSA) is 80.9 Å². The van der Waals surface area contributed by atoms with Gasteiger partial charge in [-0.25, -0.2) is 0 Å². The molecule has 0 radical (unpaired) electrons. The van der Waals surface area contributed by atoms with E-state index in [2.05, 4.69) is 0 Å². The monoisotopic (exact) mass is 414 g/mol. The van der Waals surface area contributed by atoms with Gasteiger partial charge in [0.25, 0.3) is 0 Å². The maximum atomic E-state index is 8.52. The first-order chi connectivity index (χ1) is 8.00. The first-order valence-corrected chi connectivity index (χ1v) is 6.89. The molecule has 0 amide bonds. The summed E-state index contributed by atoms with van der Waals surface area (Å²) in [7, 11) is 0. The van der Waals surface area contributed by atoms with Gasteiger partial charge in [-0.3, -0.25) is 0 Å². The van der Waals surface area contributed by atoms with E-state index in [1.54, 1.807) is 83.1 Å². The van der Waals surface area contributed by atoms with Crippen molar-refractivity contribution in [2.75, 3.05) is 0 Å². The van der Waals surface area contributed by atoms with Crippen LogP contribution in [-0.4, -0.2) is 68.7 Å². The Morgan fingerprint density at radius 3 is 0.333 bits per heavy atom. The minimum atomic E-state index is -0.500. The van der Waals surface area contributed by atoms with Crippen LogP contribution in [-0.2, 0) is 0 Å². The van der Waals surface area contributed by atoms with Crippen molar-refractivity contribution in [2.45, 2.75) is 105 Å². The zero-order valence-corrected chi connectivity index (χ0v) is 15.8. The van der Waals surface area contributed by atoms with Crippen LogP contribution in [0.1, 0.15) is 83.1 Å². The van der Waals surface area contributed by atoms with Crippen LogP contribution in [0.4, 0.5) is 0 Å². The number of rotatable bonds is 0. The van der Waals surface area contributed by atoms with Crippen molar-refractivity contribution < 1.29 is 20.4 Å². The predicted molar refractivity (Wildman–Crippen MR) is 97.8 cm³/mol. The molecular formula is C16H43InO4. The second kappa shape index (κ2) is 13.2. The van der Waals surface area contributed by atoms with E-state index in [1.165, 1.54) is 0 Å². The SMILES string of the molecule is CC(C)(C)O.CC(C)(C)O.CC(C)(C)O.CC(C)(C)O.[InH3]. The summed E-state index contributed by atoms with van der Waals surface area (Å²) in [5.74, 6) is 0. The summed E-state index contributed by atoms with van der Waals surface area (Å²) in [6.45, 7) is 20.9. The van der Waals surface area contributed by atoms with Crippen molar-refractivity contribution in [3.63, 3.8) is 0 Å². The molecule has 0 atom stereocenters. The molecule has 4 nitrogen and oxygen atoms in total. The van der Waals surface area contributed by atoms with Crippen LogP contribution in [0.15, 0.2) is 0 Å². The molecular weight excluding hydrogens is 371 g/mol. The molecule has 0 aromatic heterocycles. The average molecular weight is 414 g/mol. The fraction of sp³-hybridized carbons (Fsp3) is 1.00. The molecule has 0 aliphatic carbocycles. The van der Waals surface area contributed by atoms with Gasteiger partial charge in [0.1, 0.15) is 0 Å². The fourth-order valence-corrected chi connectivity index (χ4v) is 0. The van der Waals surface area contributed by atoms with Gasteiger partial charge in [0.15, 0.2) is 0 Å². The van der Waals surface area contributed by atoms with Crippen molar-refractivity contribution in [3.05, 3.63) is 0 Å². The number of hydrogen-bond donors (Lipinski definition) is 4. The van der Waals surface area contributed by atoms with Gasteiger partial charge in [-0.05, 0) is 83.1 Å². The Balaban J connectivity index is -0.0000000533. The van der Waals surface area contributed by atoms with Gasteiger partial charge >= 0.3 is 25.8 Å². The molecule has 0 bridgehead atoms. The molecule has 0 rings (SSSR count). The van der Waals surface area contributed by atoms with E-state index in [0.717, 1.165) is 0 Å². The van der Waals surface area contributed by atoms with Crippen LogP contribution < -0.4 is 0 Å². The van der Waals surface area contributed by atoms with Crippen molar-refractivity contribution in [3.8, 4) is 0 Å². The zero-order chi connectivity index (χ0) is 18.0. The van der Waals surface area contributed by atoms with Crippen LogP contribution in [0.25, 0.3) is 0 Å². The molecule has 0 aromatic carbocycles. The summed E-state index contributed by atoms with van der Waals surface area (Å²) in [6, 6.07) is 0. The summed E-state index contributed by atoms with van der Waals surface area (Å²) in [5, 5.41) is 34.1. The standard InChI is InChI=1S/4C4H10O.In.3H/c4*1-4(2,3)5;;;;/h4*5H,1-3H3;;;;. The van der Waals surface area contributed by atoms with E-state index in [1.807, 2.05) is 0 Å². The quantitative estimate of drug-likeness (QED) is 0.489. The van der Waals surface area contributed by atoms with Gasteiger partial charge < -0.3 is 20.4 Å². The van der Waals surface area contributed by atoms with E-state index < -0.39 is 22.4 Å². The summed E-state index contributed by atoms with van der Waals surface area (Å²) < 4.78 is 0. The van der Waals surface area contributed by atoms with E-state index in [0.29, 0.717) is 0 Å². The van der Waals surface area contributed by atoms with Crippen LogP contribution >= 0.6 is 0 Å². The Morgan fingerprint density at radius 1 is 0.333 bits per heavy atom. The normalized spacial score (nSPS) is 11.4. The zero-order valence-electron chi connectivity index (χ0n) is 15.8. The Bertz CT molecular complexity index is 130. The Hall–Kier alpha value is 0.710. The summed E-state index contributed by atoms with van der Waals surface area (Å²) in [4.78, 5) is 0. The molecule has 0 heterocycles. The van der Waals surface area contributed by atoms with Gasteiger partial charge in [-0.2, -0.15) is 0 Å². The Labute approximate surface area is 151 Å². The predicted octanol–water partition coefficient (Wildman–Crippen LogP) is 1.92. The van der Waals surface area contributed by atoms with Crippen LogP contribution in [0.5, 0.6) is 0 Å². The first-order valence-electron chi connectivity index (χ1n) is 6.89.